The van der Waals surface area contributed by atoms with Crippen LogP contribution in [0.5, 0.6) is 0 Å². The first-order valence-electron chi connectivity index (χ1n) is 5.81. The fourth-order valence-electron chi connectivity index (χ4n) is 3.02. The zero-order valence-corrected chi connectivity index (χ0v) is 9.78. The SMILES string of the molecule is CNC(=S)N1CCCC1C1CCCC1. The van der Waals surface area contributed by atoms with E-state index in [1.807, 2.05) is 7.05 Å². The van der Waals surface area contributed by atoms with E-state index in [2.05, 4.69) is 10.2 Å². The molecule has 2 fully saturated rings. The van der Waals surface area contributed by atoms with Gasteiger partial charge in [0.25, 0.3) is 0 Å². The summed E-state index contributed by atoms with van der Waals surface area (Å²) < 4.78 is 0. The van der Waals surface area contributed by atoms with Crippen molar-refractivity contribution >= 4 is 17.3 Å². The molecule has 2 aliphatic rings. The second-order valence-electron chi connectivity index (χ2n) is 4.50. The molecule has 0 aromatic rings. The summed E-state index contributed by atoms with van der Waals surface area (Å²) in [7, 11) is 1.94. The smallest absolute Gasteiger partial charge is 0.168 e. The molecule has 1 unspecified atom stereocenters. The maximum absolute atomic E-state index is 5.34. The van der Waals surface area contributed by atoms with Crippen molar-refractivity contribution in [1.82, 2.24) is 10.2 Å². The van der Waals surface area contributed by atoms with Crippen LogP contribution in [0.2, 0.25) is 0 Å². The van der Waals surface area contributed by atoms with Gasteiger partial charge in [-0.25, -0.2) is 0 Å². The van der Waals surface area contributed by atoms with Crippen molar-refractivity contribution in [3.05, 3.63) is 0 Å². The summed E-state index contributed by atoms with van der Waals surface area (Å²) >= 11 is 5.34. The Labute approximate surface area is 92.0 Å². The Hall–Kier alpha value is -0.310. The van der Waals surface area contributed by atoms with Gasteiger partial charge in [0.2, 0.25) is 0 Å². The second-order valence-corrected chi connectivity index (χ2v) is 4.89. The van der Waals surface area contributed by atoms with E-state index in [0.717, 1.165) is 17.1 Å². The topological polar surface area (TPSA) is 15.3 Å². The third kappa shape index (κ3) is 1.88. The minimum Gasteiger partial charge on any atom is -0.366 e. The standard InChI is InChI=1S/C11H20N2S/c1-12-11(14)13-8-4-7-10(13)9-5-2-3-6-9/h9-10H,2-8H2,1H3,(H,12,14). The Morgan fingerprint density at radius 2 is 1.93 bits per heavy atom. The van der Waals surface area contributed by atoms with Crippen LogP contribution in [0.25, 0.3) is 0 Å². The molecule has 14 heavy (non-hydrogen) atoms. The van der Waals surface area contributed by atoms with Gasteiger partial charge in [0.1, 0.15) is 0 Å². The fraction of sp³-hybridized carbons (Fsp3) is 0.909. The van der Waals surface area contributed by atoms with Crippen LogP contribution >= 0.6 is 12.2 Å². The predicted molar refractivity (Wildman–Crippen MR) is 63.3 cm³/mol. The molecular weight excluding hydrogens is 192 g/mol. The first kappa shape index (κ1) is 10.2. The molecule has 3 heteroatoms. The van der Waals surface area contributed by atoms with E-state index in [1.54, 1.807) is 0 Å². The highest BCUT2D eigenvalue weighted by Gasteiger charge is 2.33. The molecular formula is C11H20N2S. The van der Waals surface area contributed by atoms with E-state index in [-0.39, 0.29) is 0 Å². The molecule has 1 saturated carbocycles. The monoisotopic (exact) mass is 212 g/mol. The molecule has 2 rings (SSSR count). The Kier molecular flexibility index (Phi) is 3.26. The van der Waals surface area contributed by atoms with Crippen LogP contribution in [0.3, 0.4) is 0 Å². The summed E-state index contributed by atoms with van der Waals surface area (Å²) in [5.41, 5.74) is 0. The lowest BCUT2D eigenvalue weighted by Gasteiger charge is -2.31. The van der Waals surface area contributed by atoms with Crippen LogP contribution in [0.4, 0.5) is 0 Å². The van der Waals surface area contributed by atoms with Crippen molar-refractivity contribution in [3.63, 3.8) is 0 Å². The molecule has 80 valence electrons. The molecule has 0 spiro atoms. The van der Waals surface area contributed by atoms with Gasteiger partial charge >= 0.3 is 0 Å². The van der Waals surface area contributed by atoms with Crippen LogP contribution in [-0.2, 0) is 0 Å². The first-order valence-corrected chi connectivity index (χ1v) is 6.22. The molecule has 1 aliphatic carbocycles. The van der Waals surface area contributed by atoms with Gasteiger partial charge in [0.05, 0.1) is 0 Å². The summed E-state index contributed by atoms with van der Waals surface area (Å²) in [4.78, 5) is 2.42. The number of nitrogens with one attached hydrogen (secondary N) is 1. The zero-order valence-electron chi connectivity index (χ0n) is 8.96. The largest absolute Gasteiger partial charge is 0.366 e. The van der Waals surface area contributed by atoms with E-state index < -0.39 is 0 Å². The van der Waals surface area contributed by atoms with Crippen LogP contribution in [-0.4, -0.2) is 29.6 Å². The summed E-state index contributed by atoms with van der Waals surface area (Å²) in [6.07, 6.45) is 8.39. The minimum atomic E-state index is 0.748. The van der Waals surface area contributed by atoms with E-state index >= 15 is 0 Å². The van der Waals surface area contributed by atoms with Crippen molar-refractivity contribution < 1.29 is 0 Å². The number of nitrogens with zero attached hydrogens (tertiary/aromatic N) is 1. The minimum absolute atomic E-state index is 0.748. The van der Waals surface area contributed by atoms with Crippen LogP contribution in [0.15, 0.2) is 0 Å². The molecule has 1 heterocycles. The third-order valence-electron chi connectivity index (χ3n) is 3.72. The third-order valence-corrected chi connectivity index (χ3v) is 4.16. The van der Waals surface area contributed by atoms with Crippen molar-refractivity contribution in [2.24, 2.45) is 5.92 Å². The van der Waals surface area contributed by atoms with Gasteiger partial charge in [0.15, 0.2) is 5.11 Å². The maximum Gasteiger partial charge on any atom is 0.168 e. The normalized spacial score (nSPS) is 28.4. The zero-order chi connectivity index (χ0) is 9.97. The van der Waals surface area contributed by atoms with Crippen LogP contribution in [0.1, 0.15) is 38.5 Å². The van der Waals surface area contributed by atoms with E-state index in [1.165, 1.54) is 45.1 Å². The summed E-state index contributed by atoms with van der Waals surface area (Å²) in [6.45, 7) is 1.17. The van der Waals surface area contributed by atoms with Gasteiger partial charge in [-0.2, -0.15) is 0 Å². The molecule has 2 nitrogen and oxygen atoms in total. The molecule has 1 atom stereocenters. The Morgan fingerprint density at radius 1 is 1.21 bits per heavy atom. The van der Waals surface area contributed by atoms with Gasteiger partial charge in [-0.05, 0) is 43.8 Å². The number of rotatable bonds is 1. The summed E-state index contributed by atoms with van der Waals surface area (Å²) in [5, 5.41) is 4.08. The maximum atomic E-state index is 5.34. The van der Waals surface area contributed by atoms with E-state index in [4.69, 9.17) is 12.2 Å². The van der Waals surface area contributed by atoms with Gasteiger partial charge in [-0.3, -0.25) is 0 Å². The molecule has 1 saturated heterocycles. The number of hydrogen-bond acceptors (Lipinski definition) is 1. The molecule has 0 aromatic carbocycles. The van der Waals surface area contributed by atoms with Crippen LogP contribution in [0, 0.1) is 5.92 Å². The van der Waals surface area contributed by atoms with Crippen molar-refractivity contribution in [3.8, 4) is 0 Å². The van der Waals surface area contributed by atoms with E-state index in [9.17, 15) is 0 Å². The average Bonchev–Trinajstić information content (AvgIpc) is 2.85. The van der Waals surface area contributed by atoms with E-state index in [0.29, 0.717) is 0 Å². The van der Waals surface area contributed by atoms with Gasteiger partial charge in [-0.15, -0.1) is 0 Å². The number of hydrogen-bond donors (Lipinski definition) is 1. The Morgan fingerprint density at radius 3 is 2.57 bits per heavy atom. The molecule has 0 amide bonds. The predicted octanol–water partition coefficient (Wildman–Crippen LogP) is 2.15. The lowest BCUT2D eigenvalue weighted by molar-refractivity contribution is 0.279. The highest BCUT2D eigenvalue weighted by atomic mass is 32.1. The highest BCUT2D eigenvalue weighted by Crippen LogP contribution is 2.35. The number of likely N-dealkylation sites (tertiary alicyclic amines) is 1. The van der Waals surface area contributed by atoms with Gasteiger partial charge in [-0.1, -0.05) is 12.8 Å². The molecule has 1 N–H and O–H groups in total. The quantitative estimate of drug-likeness (QED) is 0.671. The van der Waals surface area contributed by atoms with Gasteiger partial charge in [0, 0.05) is 19.6 Å². The summed E-state index contributed by atoms with van der Waals surface area (Å²) in [5.74, 6) is 0.920. The van der Waals surface area contributed by atoms with Crippen LogP contribution < -0.4 is 5.32 Å². The van der Waals surface area contributed by atoms with Crippen molar-refractivity contribution in [1.29, 1.82) is 0 Å². The Bertz CT molecular complexity index is 211. The second kappa shape index (κ2) is 4.47. The van der Waals surface area contributed by atoms with Crippen molar-refractivity contribution in [2.45, 2.75) is 44.6 Å². The Balaban J connectivity index is 1.98. The molecule has 1 aliphatic heterocycles. The highest BCUT2D eigenvalue weighted by molar-refractivity contribution is 7.80. The lowest BCUT2D eigenvalue weighted by atomic mass is 9.96. The lowest BCUT2D eigenvalue weighted by Crippen LogP contribution is -2.43. The van der Waals surface area contributed by atoms with Crippen molar-refractivity contribution in [2.75, 3.05) is 13.6 Å². The first-order chi connectivity index (χ1) is 6.83. The molecule has 0 aromatic heterocycles. The summed E-state index contributed by atoms with van der Waals surface area (Å²) in [6, 6.07) is 0.748. The fourth-order valence-corrected chi connectivity index (χ4v) is 3.25. The average molecular weight is 212 g/mol. The molecule has 0 bridgehead atoms. The van der Waals surface area contributed by atoms with Gasteiger partial charge < -0.3 is 10.2 Å². The molecule has 0 radical (unpaired) electrons. The number of thiocarbonyl (C=S) groups is 1.